The van der Waals surface area contributed by atoms with E-state index in [9.17, 15) is 24.6 Å². The molecule has 55 heavy (non-hydrogen) atoms. The Hall–Kier alpha value is -3.60. The SMILES string of the molecule is Cc1c(O)cccc1C(=O)N[C@@H](CSc1ccccc1)[C@H](O)CN1C[C@H]2CCCC[C@H]2C[C@H]1C(=O)NC(C)(C)C.Nc1ccn([C@H]2CS[C@H](CO)O2)c(=O)n1. The molecule has 3 aromatic rings. The molecule has 1 aromatic heterocycles. The molecule has 2 amide bonds. The summed E-state index contributed by atoms with van der Waals surface area (Å²) in [4.78, 5) is 45.0. The number of rotatable bonds is 11. The minimum Gasteiger partial charge on any atom is -0.508 e. The molecular weight excluding hydrogens is 741 g/mol. The number of hydrogen-bond donors (Lipinski definition) is 6. The Balaban J connectivity index is 0.000000321. The fourth-order valence-corrected chi connectivity index (χ4v) is 9.35. The number of fused-ring (bicyclic) bond motifs is 1. The van der Waals surface area contributed by atoms with E-state index in [1.54, 1.807) is 49.1 Å². The Morgan fingerprint density at radius 3 is 2.49 bits per heavy atom. The van der Waals surface area contributed by atoms with Crippen molar-refractivity contribution in [2.45, 2.75) is 100 Å². The van der Waals surface area contributed by atoms with Gasteiger partial charge in [0.2, 0.25) is 5.91 Å². The van der Waals surface area contributed by atoms with E-state index in [-0.39, 0.29) is 53.2 Å². The maximum Gasteiger partial charge on any atom is 0.351 e. The third kappa shape index (κ3) is 11.9. The zero-order valence-electron chi connectivity index (χ0n) is 32.1. The Labute approximate surface area is 331 Å². The summed E-state index contributed by atoms with van der Waals surface area (Å²) in [5, 5.41) is 36.9. The molecule has 2 aliphatic heterocycles. The van der Waals surface area contributed by atoms with Crippen molar-refractivity contribution in [3.63, 3.8) is 0 Å². The van der Waals surface area contributed by atoms with Gasteiger partial charge in [0.25, 0.3) is 5.91 Å². The number of aliphatic hydroxyl groups is 2. The van der Waals surface area contributed by atoms with Crippen molar-refractivity contribution < 1.29 is 29.6 Å². The number of likely N-dealkylation sites (tertiary alicyclic amines) is 1. The maximum absolute atomic E-state index is 13.5. The molecule has 1 saturated carbocycles. The number of β-amino-alcohol motifs (C(OH)–C–C–N with tert-alkyl or cyclic N) is 1. The highest BCUT2D eigenvalue weighted by atomic mass is 32.2. The van der Waals surface area contributed by atoms with Crippen LogP contribution in [0.4, 0.5) is 5.82 Å². The highest BCUT2D eigenvalue weighted by molar-refractivity contribution is 8.00. The summed E-state index contributed by atoms with van der Waals surface area (Å²) < 4.78 is 6.79. The predicted octanol–water partition coefficient (Wildman–Crippen LogP) is 4.15. The number of anilines is 1. The normalized spacial score (nSPS) is 23.8. The number of nitrogens with two attached hydrogens (primary N) is 1. The van der Waals surface area contributed by atoms with Crippen molar-refractivity contribution in [3.8, 4) is 5.75 Å². The molecule has 3 fully saturated rings. The van der Waals surface area contributed by atoms with Gasteiger partial charge in [0.1, 0.15) is 23.2 Å². The van der Waals surface area contributed by atoms with Gasteiger partial charge in [-0.2, -0.15) is 4.98 Å². The highest BCUT2D eigenvalue weighted by Crippen LogP contribution is 2.39. The molecule has 0 radical (unpaired) electrons. The molecule has 3 aliphatic rings. The lowest BCUT2D eigenvalue weighted by molar-refractivity contribution is -0.132. The van der Waals surface area contributed by atoms with Gasteiger partial charge in [-0.15, -0.1) is 23.5 Å². The minimum absolute atomic E-state index is 0.0124. The summed E-state index contributed by atoms with van der Waals surface area (Å²) in [6.45, 7) is 8.70. The Bertz CT molecular complexity index is 1790. The van der Waals surface area contributed by atoms with E-state index < -0.39 is 17.8 Å². The first-order valence-corrected chi connectivity index (χ1v) is 21.0. The third-order valence-corrected chi connectivity index (χ3v) is 12.5. The maximum atomic E-state index is 13.5. The molecule has 2 saturated heterocycles. The highest BCUT2D eigenvalue weighted by Gasteiger charge is 2.42. The zero-order chi connectivity index (χ0) is 39.7. The molecule has 6 rings (SSSR count). The Kier molecular flexibility index (Phi) is 15.1. The second kappa shape index (κ2) is 19.5. The second-order valence-electron chi connectivity index (χ2n) is 15.5. The van der Waals surface area contributed by atoms with Crippen LogP contribution in [0.3, 0.4) is 0 Å². The molecule has 0 spiro atoms. The summed E-state index contributed by atoms with van der Waals surface area (Å²) in [6, 6.07) is 15.5. The molecule has 0 unspecified atom stereocenters. The molecule has 0 bridgehead atoms. The lowest BCUT2D eigenvalue weighted by Crippen LogP contribution is -2.60. The van der Waals surface area contributed by atoms with E-state index in [2.05, 4.69) is 20.5 Å². The molecule has 1 aliphatic carbocycles. The van der Waals surface area contributed by atoms with Crippen molar-refractivity contribution in [1.82, 2.24) is 25.1 Å². The number of benzene rings is 2. The Morgan fingerprint density at radius 2 is 1.82 bits per heavy atom. The number of aromatic nitrogens is 2. The van der Waals surface area contributed by atoms with E-state index >= 15 is 0 Å². The van der Waals surface area contributed by atoms with Gasteiger partial charge < -0.3 is 36.4 Å². The Morgan fingerprint density at radius 1 is 1.09 bits per heavy atom. The summed E-state index contributed by atoms with van der Waals surface area (Å²) in [7, 11) is 0. The largest absolute Gasteiger partial charge is 0.508 e. The van der Waals surface area contributed by atoms with E-state index in [4.69, 9.17) is 15.6 Å². The first-order valence-electron chi connectivity index (χ1n) is 19.0. The smallest absolute Gasteiger partial charge is 0.351 e. The van der Waals surface area contributed by atoms with Crippen molar-refractivity contribution in [2.24, 2.45) is 11.8 Å². The zero-order valence-corrected chi connectivity index (χ0v) is 33.7. The first kappa shape index (κ1) is 42.5. The van der Waals surface area contributed by atoms with Crippen LogP contribution in [-0.4, -0.2) is 102 Å². The van der Waals surface area contributed by atoms with Gasteiger partial charge in [-0.1, -0.05) is 43.5 Å². The van der Waals surface area contributed by atoms with Crippen molar-refractivity contribution in [2.75, 3.05) is 36.9 Å². The molecule has 13 nitrogen and oxygen atoms in total. The van der Waals surface area contributed by atoms with Crippen LogP contribution >= 0.6 is 23.5 Å². The van der Waals surface area contributed by atoms with E-state index in [1.807, 2.05) is 51.1 Å². The van der Waals surface area contributed by atoms with Crippen molar-refractivity contribution in [3.05, 3.63) is 82.4 Å². The number of ether oxygens (including phenoxy) is 1. The summed E-state index contributed by atoms with van der Waals surface area (Å²) in [5.74, 6) is 2.09. The molecule has 7 atom stereocenters. The van der Waals surface area contributed by atoms with Crippen LogP contribution in [0.1, 0.15) is 75.0 Å². The summed E-state index contributed by atoms with van der Waals surface area (Å²) in [6.07, 6.45) is 5.85. The number of carbonyl (C=O) groups excluding carboxylic acids is 2. The van der Waals surface area contributed by atoms with Gasteiger partial charge in [-0.3, -0.25) is 19.1 Å². The number of thioether (sulfide) groups is 2. The predicted molar refractivity (Wildman–Crippen MR) is 217 cm³/mol. The fraction of sp³-hybridized carbons (Fsp3) is 0.550. The number of aromatic hydroxyl groups is 1. The number of phenols is 1. The fourth-order valence-electron chi connectivity index (χ4n) is 7.39. The molecular formula is C40H56N6O7S2. The van der Waals surface area contributed by atoms with E-state index in [0.717, 1.165) is 30.7 Å². The number of phenolic OH excluding ortho intramolecular Hbond substituents is 1. The summed E-state index contributed by atoms with van der Waals surface area (Å²) in [5.41, 5.74) is 5.22. The average molecular weight is 797 g/mol. The molecule has 3 heterocycles. The van der Waals surface area contributed by atoms with Gasteiger partial charge in [0.05, 0.1) is 24.8 Å². The topological polar surface area (TPSA) is 192 Å². The average Bonchev–Trinajstić information content (AvgIpc) is 3.63. The number of hydrogen-bond acceptors (Lipinski definition) is 12. The van der Waals surface area contributed by atoms with Crippen LogP contribution in [0.25, 0.3) is 0 Å². The van der Waals surface area contributed by atoms with Gasteiger partial charge in [0.15, 0.2) is 0 Å². The van der Waals surface area contributed by atoms with Crippen LogP contribution in [0.2, 0.25) is 0 Å². The molecule has 15 heteroatoms. The van der Waals surface area contributed by atoms with E-state index in [0.29, 0.717) is 41.0 Å². The monoisotopic (exact) mass is 796 g/mol. The number of carbonyl (C=O) groups is 2. The van der Waals surface area contributed by atoms with Crippen molar-refractivity contribution >= 4 is 41.2 Å². The number of nitrogens with one attached hydrogen (secondary N) is 2. The standard InChI is InChI=1S/C32H45N3O4S.C8H11N3O3S/c1-21-25(15-10-16-28(21)36)30(38)33-26(20-40-24-13-6-5-7-14-24)29(37)19-35-18-23-12-9-8-11-22(23)17-27(35)31(39)34-32(2,3)4;9-5-1-2-11(8(13)10-5)6-4-15-7(3-12)14-6/h5-7,10,13-16,22-23,26-27,29,36-37H,8-9,11-12,17-20H2,1-4H3,(H,33,38)(H,34,39);1-2,6-7,12H,3-4H2,(H2,9,10,13)/t22-,23+,26-,27-,29+;6-,7-/m01/s1. The number of nitrogen functional groups attached to an aromatic ring is 1. The van der Waals surface area contributed by atoms with Crippen molar-refractivity contribution in [1.29, 1.82) is 0 Å². The lowest BCUT2D eigenvalue weighted by atomic mass is 9.72. The summed E-state index contributed by atoms with van der Waals surface area (Å²) >= 11 is 3.04. The molecule has 300 valence electrons. The molecule has 7 N–H and O–H groups in total. The quantitative estimate of drug-likeness (QED) is 0.152. The van der Waals surface area contributed by atoms with Gasteiger partial charge in [0, 0.05) is 52.4 Å². The van der Waals surface area contributed by atoms with Crippen LogP contribution < -0.4 is 22.1 Å². The number of piperidine rings is 1. The van der Waals surface area contributed by atoms with Crippen LogP contribution in [-0.2, 0) is 9.53 Å². The van der Waals surface area contributed by atoms with Gasteiger partial charge in [-0.05, 0) is 82.7 Å². The van der Waals surface area contributed by atoms with Crippen LogP contribution in [0.5, 0.6) is 5.75 Å². The third-order valence-electron chi connectivity index (χ3n) is 10.3. The van der Waals surface area contributed by atoms with Gasteiger partial charge in [-0.25, -0.2) is 4.79 Å². The lowest BCUT2D eigenvalue weighted by Gasteiger charge is -2.47. The minimum atomic E-state index is -0.886. The first-order chi connectivity index (χ1) is 26.2. The number of nitrogens with zero attached hydrogens (tertiary/aromatic N) is 3. The van der Waals surface area contributed by atoms with Crippen LogP contribution in [0, 0.1) is 18.8 Å². The molecule has 2 aromatic carbocycles. The van der Waals surface area contributed by atoms with Crippen LogP contribution in [0.15, 0.2) is 70.5 Å². The van der Waals surface area contributed by atoms with E-state index in [1.165, 1.54) is 29.2 Å². The van der Waals surface area contributed by atoms with Gasteiger partial charge >= 0.3 is 5.69 Å². The second-order valence-corrected chi connectivity index (χ2v) is 17.8. The number of amides is 2. The number of aliphatic hydroxyl groups excluding tert-OH is 2.